The van der Waals surface area contributed by atoms with Crippen molar-refractivity contribution in [3.63, 3.8) is 0 Å². The molecule has 2 aromatic rings. The molecule has 17 heavy (non-hydrogen) atoms. The molecule has 0 amide bonds. The lowest BCUT2D eigenvalue weighted by Gasteiger charge is -2.20. The normalized spacial score (nSPS) is 19.0. The summed E-state index contributed by atoms with van der Waals surface area (Å²) in [5, 5.41) is 4.04. The molecule has 1 aromatic carbocycles. The molecule has 88 valence electrons. The third-order valence-electron chi connectivity index (χ3n) is 3.37. The van der Waals surface area contributed by atoms with Crippen LogP contribution < -0.4 is 5.73 Å². The van der Waals surface area contributed by atoms with Crippen molar-refractivity contribution in [2.45, 2.75) is 25.2 Å². The molecule has 1 aliphatic carbocycles. The van der Waals surface area contributed by atoms with Crippen LogP contribution in [0.3, 0.4) is 0 Å². The van der Waals surface area contributed by atoms with E-state index in [-0.39, 0.29) is 11.7 Å². The molecular formula is C13H13FN2O. The van der Waals surface area contributed by atoms with Gasteiger partial charge in [-0.3, -0.25) is 0 Å². The Hall–Kier alpha value is -1.84. The molecule has 0 bridgehead atoms. The zero-order chi connectivity index (χ0) is 11.8. The largest absolute Gasteiger partial charge is 0.367 e. The van der Waals surface area contributed by atoms with Crippen molar-refractivity contribution < 1.29 is 8.91 Å². The van der Waals surface area contributed by atoms with Gasteiger partial charge in [0.15, 0.2) is 0 Å². The zero-order valence-corrected chi connectivity index (χ0v) is 9.32. The van der Waals surface area contributed by atoms with Gasteiger partial charge in [0.2, 0.25) is 5.88 Å². The Morgan fingerprint density at radius 1 is 1.29 bits per heavy atom. The number of nitrogens with zero attached hydrogens (tertiary/aromatic N) is 1. The summed E-state index contributed by atoms with van der Waals surface area (Å²) in [6.07, 6.45) is 2.98. The number of benzene rings is 1. The highest BCUT2D eigenvalue weighted by atomic mass is 19.1. The Morgan fingerprint density at radius 2 is 2.06 bits per heavy atom. The minimum absolute atomic E-state index is 0.181. The van der Waals surface area contributed by atoms with Crippen LogP contribution in [0, 0.1) is 5.82 Å². The number of aromatic nitrogens is 1. The number of hydrogen-bond donors (Lipinski definition) is 1. The second-order valence-corrected chi connectivity index (χ2v) is 4.41. The number of fused-ring (bicyclic) bond motifs is 1. The summed E-state index contributed by atoms with van der Waals surface area (Å²) in [5.74, 6) is 0.386. The lowest BCUT2D eigenvalue weighted by Crippen LogP contribution is -2.11. The van der Waals surface area contributed by atoms with Gasteiger partial charge in [-0.25, -0.2) is 4.39 Å². The van der Waals surface area contributed by atoms with Gasteiger partial charge in [0.05, 0.1) is 5.69 Å². The summed E-state index contributed by atoms with van der Waals surface area (Å²) in [6.45, 7) is 0. The fourth-order valence-electron chi connectivity index (χ4n) is 2.50. The Kier molecular flexibility index (Phi) is 2.35. The molecule has 1 aliphatic rings. The van der Waals surface area contributed by atoms with Crippen LogP contribution in [-0.4, -0.2) is 5.16 Å². The topological polar surface area (TPSA) is 52.0 Å². The summed E-state index contributed by atoms with van der Waals surface area (Å²) in [4.78, 5) is 0. The quantitative estimate of drug-likeness (QED) is 0.822. The van der Waals surface area contributed by atoms with E-state index in [1.54, 1.807) is 12.1 Å². The van der Waals surface area contributed by atoms with E-state index in [1.165, 1.54) is 12.1 Å². The smallest absolute Gasteiger partial charge is 0.225 e. The summed E-state index contributed by atoms with van der Waals surface area (Å²) in [6, 6.07) is 6.57. The molecule has 2 N–H and O–H groups in total. The predicted molar refractivity (Wildman–Crippen MR) is 62.1 cm³/mol. The molecule has 3 rings (SSSR count). The van der Waals surface area contributed by atoms with Gasteiger partial charge in [0.1, 0.15) is 5.82 Å². The Balaban J connectivity index is 2.02. The number of rotatable bonds is 1. The third kappa shape index (κ3) is 1.69. The monoisotopic (exact) mass is 232 g/mol. The van der Waals surface area contributed by atoms with Crippen molar-refractivity contribution in [2.24, 2.45) is 0 Å². The maximum Gasteiger partial charge on any atom is 0.225 e. The summed E-state index contributed by atoms with van der Waals surface area (Å²) < 4.78 is 17.9. The minimum atomic E-state index is -0.218. The molecular weight excluding hydrogens is 219 g/mol. The second-order valence-electron chi connectivity index (χ2n) is 4.41. The van der Waals surface area contributed by atoms with Gasteiger partial charge in [0, 0.05) is 11.5 Å². The van der Waals surface area contributed by atoms with E-state index in [9.17, 15) is 4.39 Å². The van der Waals surface area contributed by atoms with Crippen molar-refractivity contribution in [3.05, 3.63) is 46.9 Å². The second kappa shape index (κ2) is 3.87. The van der Waals surface area contributed by atoms with Crippen LogP contribution in [0.1, 0.15) is 35.6 Å². The predicted octanol–water partition coefficient (Wildman–Crippen LogP) is 2.86. The maximum absolute atomic E-state index is 12.9. The molecule has 1 unspecified atom stereocenters. The Bertz CT molecular complexity index is 533. The van der Waals surface area contributed by atoms with Crippen molar-refractivity contribution in [3.8, 4) is 0 Å². The van der Waals surface area contributed by atoms with Crippen LogP contribution in [0.4, 0.5) is 10.3 Å². The maximum atomic E-state index is 12.9. The molecule has 1 heterocycles. The van der Waals surface area contributed by atoms with E-state index in [0.29, 0.717) is 5.88 Å². The molecule has 0 saturated heterocycles. The van der Waals surface area contributed by atoms with Crippen molar-refractivity contribution in [1.29, 1.82) is 0 Å². The lowest BCUT2D eigenvalue weighted by atomic mass is 9.83. The number of hydrogen-bond acceptors (Lipinski definition) is 3. The number of nitrogens with two attached hydrogens (primary N) is 1. The van der Waals surface area contributed by atoms with E-state index in [2.05, 4.69) is 5.16 Å². The highest BCUT2D eigenvalue weighted by Gasteiger charge is 2.27. The van der Waals surface area contributed by atoms with E-state index < -0.39 is 0 Å². The average Bonchev–Trinajstić information content (AvgIpc) is 2.73. The van der Waals surface area contributed by atoms with Gasteiger partial charge in [-0.2, -0.15) is 0 Å². The molecule has 0 saturated carbocycles. The molecule has 3 nitrogen and oxygen atoms in total. The molecule has 0 spiro atoms. The van der Waals surface area contributed by atoms with Crippen molar-refractivity contribution in [1.82, 2.24) is 5.16 Å². The van der Waals surface area contributed by atoms with Gasteiger partial charge in [-0.15, -0.1) is 0 Å². The SMILES string of the molecule is Nc1onc2c1CCCC2c1ccc(F)cc1. The van der Waals surface area contributed by atoms with Gasteiger partial charge in [-0.05, 0) is 37.0 Å². The lowest BCUT2D eigenvalue weighted by molar-refractivity contribution is 0.422. The van der Waals surface area contributed by atoms with Gasteiger partial charge in [0.25, 0.3) is 0 Å². The van der Waals surface area contributed by atoms with E-state index >= 15 is 0 Å². The van der Waals surface area contributed by atoms with Crippen LogP contribution in [0.25, 0.3) is 0 Å². The summed E-state index contributed by atoms with van der Waals surface area (Å²) in [5.41, 5.74) is 8.74. The van der Waals surface area contributed by atoms with Crippen molar-refractivity contribution >= 4 is 5.88 Å². The first kappa shape index (κ1) is 10.3. The highest BCUT2D eigenvalue weighted by molar-refractivity contribution is 5.45. The van der Waals surface area contributed by atoms with Gasteiger partial charge < -0.3 is 10.3 Å². The first-order chi connectivity index (χ1) is 8.25. The van der Waals surface area contributed by atoms with E-state index in [1.807, 2.05) is 0 Å². The molecule has 0 radical (unpaired) electrons. The molecule has 1 aromatic heterocycles. The fraction of sp³-hybridized carbons (Fsp3) is 0.308. The summed E-state index contributed by atoms with van der Waals surface area (Å²) in [7, 11) is 0. The Morgan fingerprint density at radius 3 is 2.82 bits per heavy atom. The first-order valence-electron chi connectivity index (χ1n) is 5.75. The van der Waals surface area contributed by atoms with Crippen molar-refractivity contribution in [2.75, 3.05) is 5.73 Å². The third-order valence-corrected chi connectivity index (χ3v) is 3.37. The number of nitrogen functional groups attached to an aromatic ring is 1. The van der Waals surface area contributed by atoms with Crippen LogP contribution in [0.2, 0.25) is 0 Å². The molecule has 4 heteroatoms. The molecule has 1 atom stereocenters. The first-order valence-corrected chi connectivity index (χ1v) is 5.75. The number of halogens is 1. The van der Waals surface area contributed by atoms with Crippen LogP contribution >= 0.6 is 0 Å². The summed E-state index contributed by atoms with van der Waals surface area (Å²) >= 11 is 0. The van der Waals surface area contributed by atoms with Crippen LogP contribution in [-0.2, 0) is 6.42 Å². The molecule has 0 fully saturated rings. The van der Waals surface area contributed by atoms with Crippen LogP contribution in [0.5, 0.6) is 0 Å². The van der Waals surface area contributed by atoms with Crippen LogP contribution in [0.15, 0.2) is 28.8 Å². The average molecular weight is 232 g/mol. The highest BCUT2D eigenvalue weighted by Crippen LogP contribution is 2.38. The van der Waals surface area contributed by atoms with Gasteiger partial charge in [-0.1, -0.05) is 17.3 Å². The molecule has 0 aliphatic heterocycles. The fourth-order valence-corrected chi connectivity index (χ4v) is 2.50. The van der Waals surface area contributed by atoms with E-state index in [4.69, 9.17) is 10.3 Å². The zero-order valence-electron chi connectivity index (χ0n) is 9.32. The minimum Gasteiger partial charge on any atom is -0.367 e. The van der Waals surface area contributed by atoms with Gasteiger partial charge >= 0.3 is 0 Å². The van der Waals surface area contributed by atoms with E-state index in [0.717, 1.165) is 36.1 Å². The Labute approximate surface area is 98.4 Å². The standard InChI is InChI=1S/C13H13FN2O/c14-9-6-4-8(5-7-9)10-2-1-3-11-12(10)16-17-13(11)15/h4-7,10H,1-3,15H2. The number of anilines is 1.